The van der Waals surface area contributed by atoms with Crippen LogP contribution in [-0.2, 0) is 0 Å². The molecule has 1 aliphatic heterocycles. The molecule has 0 spiro atoms. The minimum absolute atomic E-state index is 0.725. The maximum atomic E-state index is 5.58. The van der Waals surface area contributed by atoms with Crippen LogP contribution in [0.15, 0.2) is 18.2 Å². The van der Waals surface area contributed by atoms with Gasteiger partial charge in [-0.05, 0) is 81.4 Å². The zero-order valence-electron chi connectivity index (χ0n) is 12.3. The Morgan fingerprint density at radius 1 is 1.21 bits per heavy atom. The van der Waals surface area contributed by atoms with E-state index in [1.165, 1.54) is 29.5 Å². The molecule has 0 bridgehead atoms. The molecule has 2 rings (SSSR count). The van der Waals surface area contributed by atoms with Crippen LogP contribution in [0.25, 0.3) is 6.08 Å². The number of hydrogen-bond acceptors (Lipinski definition) is 2. The molecule has 19 heavy (non-hydrogen) atoms. The normalized spacial score (nSPS) is 17.0. The number of rotatable bonds is 4. The van der Waals surface area contributed by atoms with Crippen LogP contribution in [0.1, 0.15) is 36.5 Å². The van der Waals surface area contributed by atoms with Crippen molar-refractivity contribution in [1.82, 2.24) is 5.32 Å². The van der Waals surface area contributed by atoms with Gasteiger partial charge in [0, 0.05) is 0 Å². The van der Waals surface area contributed by atoms with E-state index in [4.69, 9.17) is 4.74 Å². The molecule has 0 aliphatic carbocycles. The van der Waals surface area contributed by atoms with Crippen molar-refractivity contribution < 1.29 is 4.74 Å². The second-order valence-corrected chi connectivity index (χ2v) is 5.35. The molecule has 1 aliphatic rings. The molecule has 2 nitrogen and oxygen atoms in total. The molecular weight excluding hydrogens is 234 g/mol. The smallest absolute Gasteiger partial charge is 0.119 e. The Bertz CT molecular complexity index is 422. The van der Waals surface area contributed by atoms with E-state index in [9.17, 15) is 0 Å². The van der Waals surface area contributed by atoms with Crippen molar-refractivity contribution in [2.75, 3.05) is 19.7 Å². The summed E-state index contributed by atoms with van der Waals surface area (Å²) in [4.78, 5) is 0. The van der Waals surface area contributed by atoms with E-state index in [2.05, 4.69) is 43.4 Å². The Kier molecular flexibility index (Phi) is 5.03. The first-order valence-corrected chi connectivity index (χ1v) is 7.33. The third-order valence-electron chi connectivity index (χ3n) is 3.80. The van der Waals surface area contributed by atoms with Crippen molar-refractivity contribution in [2.24, 2.45) is 5.92 Å². The van der Waals surface area contributed by atoms with Crippen LogP contribution in [0.5, 0.6) is 5.75 Å². The lowest BCUT2D eigenvalue weighted by molar-refractivity contribution is 0.340. The number of nitrogens with one attached hydrogen (secondary N) is 1. The standard InChI is InChI=1S/C17H25NO/c1-4-19-16-11-13(2)17(14(3)12-16)6-5-15-7-9-18-10-8-15/h5-6,11-12,15,18H,4,7-10H2,1-3H3. The number of piperidine rings is 1. The summed E-state index contributed by atoms with van der Waals surface area (Å²) in [6.45, 7) is 9.38. The maximum Gasteiger partial charge on any atom is 0.119 e. The summed E-state index contributed by atoms with van der Waals surface area (Å²) in [7, 11) is 0. The lowest BCUT2D eigenvalue weighted by atomic mass is 9.95. The quantitative estimate of drug-likeness (QED) is 0.890. The highest BCUT2D eigenvalue weighted by Crippen LogP contribution is 2.24. The fourth-order valence-corrected chi connectivity index (χ4v) is 2.72. The Balaban J connectivity index is 2.13. The summed E-state index contributed by atoms with van der Waals surface area (Å²) in [5, 5.41) is 3.41. The molecule has 2 heteroatoms. The van der Waals surface area contributed by atoms with Gasteiger partial charge in [-0.25, -0.2) is 0 Å². The maximum absolute atomic E-state index is 5.58. The number of benzene rings is 1. The van der Waals surface area contributed by atoms with E-state index in [0.717, 1.165) is 31.4 Å². The zero-order chi connectivity index (χ0) is 13.7. The Hall–Kier alpha value is -1.28. The molecule has 0 radical (unpaired) electrons. The van der Waals surface area contributed by atoms with Gasteiger partial charge in [0.15, 0.2) is 0 Å². The van der Waals surface area contributed by atoms with Gasteiger partial charge in [-0.3, -0.25) is 0 Å². The fourth-order valence-electron chi connectivity index (χ4n) is 2.72. The van der Waals surface area contributed by atoms with Gasteiger partial charge in [0.1, 0.15) is 5.75 Å². The second-order valence-electron chi connectivity index (χ2n) is 5.35. The summed E-state index contributed by atoms with van der Waals surface area (Å²) in [6.07, 6.45) is 7.20. The molecule has 1 aromatic rings. The van der Waals surface area contributed by atoms with Crippen LogP contribution in [-0.4, -0.2) is 19.7 Å². The van der Waals surface area contributed by atoms with E-state index < -0.39 is 0 Å². The predicted molar refractivity (Wildman–Crippen MR) is 81.7 cm³/mol. The topological polar surface area (TPSA) is 21.3 Å². The van der Waals surface area contributed by atoms with Gasteiger partial charge >= 0.3 is 0 Å². The van der Waals surface area contributed by atoms with Gasteiger partial charge < -0.3 is 10.1 Å². The minimum Gasteiger partial charge on any atom is -0.494 e. The molecule has 0 amide bonds. The largest absolute Gasteiger partial charge is 0.494 e. The van der Waals surface area contributed by atoms with Gasteiger partial charge in [0.25, 0.3) is 0 Å². The molecule has 1 aromatic carbocycles. The van der Waals surface area contributed by atoms with Gasteiger partial charge in [0.2, 0.25) is 0 Å². The first-order chi connectivity index (χ1) is 9.20. The van der Waals surface area contributed by atoms with Crippen LogP contribution in [0, 0.1) is 19.8 Å². The van der Waals surface area contributed by atoms with Crippen LogP contribution in [0.2, 0.25) is 0 Å². The van der Waals surface area contributed by atoms with Gasteiger partial charge in [-0.15, -0.1) is 0 Å². The van der Waals surface area contributed by atoms with E-state index in [1.54, 1.807) is 0 Å². The molecule has 1 N–H and O–H groups in total. The average Bonchev–Trinajstić information content (AvgIpc) is 2.39. The van der Waals surface area contributed by atoms with E-state index >= 15 is 0 Å². The van der Waals surface area contributed by atoms with Crippen molar-refractivity contribution in [3.63, 3.8) is 0 Å². The predicted octanol–water partition coefficient (Wildman–Crippen LogP) is 3.71. The van der Waals surface area contributed by atoms with Crippen LogP contribution >= 0.6 is 0 Å². The number of aryl methyl sites for hydroxylation is 2. The van der Waals surface area contributed by atoms with Gasteiger partial charge in [-0.2, -0.15) is 0 Å². The number of allylic oxidation sites excluding steroid dienone is 1. The number of hydrogen-bond donors (Lipinski definition) is 1. The summed E-state index contributed by atoms with van der Waals surface area (Å²) in [5.74, 6) is 1.71. The molecule has 0 atom stereocenters. The average molecular weight is 259 g/mol. The molecule has 0 saturated carbocycles. The number of ether oxygens (including phenoxy) is 1. The van der Waals surface area contributed by atoms with Crippen LogP contribution in [0.4, 0.5) is 0 Å². The van der Waals surface area contributed by atoms with Crippen molar-refractivity contribution in [3.8, 4) is 5.75 Å². The molecule has 1 fully saturated rings. The molecular formula is C17H25NO. The first kappa shape index (κ1) is 14.1. The molecule has 0 unspecified atom stereocenters. The monoisotopic (exact) mass is 259 g/mol. The van der Waals surface area contributed by atoms with Crippen molar-refractivity contribution >= 4 is 6.08 Å². The highest BCUT2D eigenvalue weighted by atomic mass is 16.5. The first-order valence-electron chi connectivity index (χ1n) is 7.33. The molecule has 104 valence electrons. The zero-order valence-corrected chi connectivity index (χ0v) is 12.3. The second kappa shape index (κ2) is 6.76. The van der Waals surface area contributed by atoms with Crippen molar-refractivity contribution in [2.45, 2.75) is 33.6 Å². The summed E-state index contributed by atoms with van der Waals surface area (Å²) >= 11 is 0. The lowest BCUT2D eigenvalue weighted by Crippen LogP contribution is -2.26. The third kappa shape index (κ3) is 3.84. The van der Waals surface area contributed by atoms with Gasteiger partial charge in [-0.1, -0.05) is 12.2 Å². The fraction of sp³-hybridized carbons (Fsp3) is 0.529. The minimum atomic E-state index is 0.725. The Morgan fingerprint density at radius 3 is 2.42 bits per heavy atom. The van der Waals surface area contributed by atoms with Crippen molar-refractivity contribution in [1.29, 1.82) is 0 Å². The molecule has 0 aromatic heterocycles. The highest BCUT2D eigenvalue weighted by Gasteiger charge is 2.10. The highest BCUT2D eigenvalue weighted by molar-refractivity contribution is 5.59. The van der Waals surface area contributed by atoms with E-state index in [-0.39, 0.29) is 0 Å². The third-order valence-corrected chi connectivity index (χ3v) is 3.80. The molecule has 1 saturated heterocycles. The molecule has 1 heterocycles. The lowest BCUT2D eigenvalue weighted by Gasteiger charge is -2.19. The Labute approximate surface area is 116 Å². The van der Waals surface area contributed by atoms with E-state index in [1.807, 2.05) is 6.92 Å². The summed E-state index contributed by atoms with van der Waals surface area (Å²) in [5.41, 5.74) is 3.95. The van der Waals surface area contributed by atoms with Crippen LogP contribution < -0.4 is 10.1 Å². The summed E-state index contributed by atoms with van der Waals surface area (Å²) in [6, 6.07) is 4.27. The SMILES string of the molecule is CCOc1cc(C)c(C=CC2CCNCC2)c(C)c1. The Morgan fingerprint density at radius 2 is 1.84 bits per heavy atom. The summed E-state index contributed by atoms with van der Waals surface area (Å²) < 4.78 is 5.58. The van der Waals surface area contributed by atoms with E-state index in [0.29, 0.717) is 0 Å². The van der Waals surface area contributed by atoms with Crippen molar-refractivity contribution in [3.05, 3.63) is 34.9 Å². The van der Waals surface area contributed by atoms with Crippen LogP contribution in [0.3, 0.4) is 0 Å². The van der Waals surface area contributed by atoms with Gasteiger partial charge in [0.05, 0.1) is 6.61 Å².